The van der Waals surface area contributed by atoms with Gasteiger partial charge in [-0.1, -0.05) is 0 Å². The van der Waals surface area contributed by atoms with Crippen LogP contribution in [0.2, 0.25) is 0 Å². The summed E-state index contributed by atoms with van der Waals surface area (Å²) in [6.45, 7) is 1.10. The zero-order valence-electron chi connectivity index (χ0n) is 9.44. The van der Waals surface area contributed by atoms with Crippen LogP contribution < -0.4 is 10.6 Å². The van der Waals surface area contributed by atoms with Crippen LogP contribution in [0.15, 0.2) is 18.3 Å². The molecule has 0 unspecified atom stereocenters. The molecule has 0 amide bonds. The lowest BCUT2D eigenvalue weighted by Crippen LogP contribution is -2.29. The Hall–Kier alpha value is -1.39. The molecule has 0 aromatic carbocycles. The first-order valence-electron chi connectivity index (χ1n) is 5.90. The normalized spacial score (nSPS) is 30.6. The van der Waals surface area contributed by atoms with Gasteiger partial charge in [0, 0.05) is 25.4 Å². The first-order valence-corrected chi connectivity index (χ1v) is 5.90. The molecule has 2 fully saturated rings. The summed E-state index contributed by atoms with van der Waals surface area (Å²) >= 11 is 0. The van der Waals surface area contributed by atoms with Crippen LogP contribution in [-0.2, 0) is 0 Å². The van der Waals surface area contributed by atoms with Crippen molar-refractivity contribution < 1.29 is 8.78 Å². The molecule has 2 heterocycles. The predicted molar refractivity (Wildman–Crippen MR) is 62.0 cm³/mol. The van der Waals surface area contributed by atoms with Crippen molar-refractivity contribution in [2.45, 2.75) is 18.8 Å². The minimum atomic E-state index is -2.49. The van der Waals surface area contributed by atoms with Crippen molar-refractivity contribution in [1.29, 1.82) is 0 Å². The molecule has 92 valence electrons. The third kappa shape index (κ3) is 1.73. The van der Waals surface area contributed by atoms with Crippen molar-refractivity contribution >= 4 is 11.5 Å². The Kier molecular flexibility index (Phi) is 2.24. The number of nitrogens with two attached hydrogens (primary N) is 1. The van der Waals surface area contributed by atoms with Crippen molar-refractivity contribution in [3.05, 3.63) is 18.3 Å². The molecule has 3 rings (SSSR count). The molecule has 0 spiro atoms. The highest BCUT2D eigenvalue weighted by Gasteiger charge is 2.54. The lowest BCUT2D eigenvalue weighted by molar-refractivity contribution is -0.0351. The van der Waals surface area contributed by atoms with E-state index >= 15 is 0 Å². The lowest BCUT2D eigenvalue weighted by atomic mass is 9.99. The molecular weight excluding hydrogens is 224 g/mol. The fraction of sp³-hybridized carbons (Fsp3) is 0.583. The molecule has 1 aliphatic heterocycles. The Balaban J connectivity index is 1.79. The van der Waals surface area contributed by atoms with E-state index in [1.54, 1.807) is 18.3 Å². The molecule has 0 radical (unpaired) electrons. The zero-order chi connectivity index (χ0) is 12.0. The Morgan fingerprint density at radius 2 is 2.18 bits per heavy atom. The summed E-state index contributed by atoms with van der Waals surface area (Å²) in [7, 11) is 0. The molecule has 17 heavy (non-hydrogen) atoms. The van der Waals surface area contributed by atoms with Crippen molar-refractivity contribution in [3.63, 3.8) is 0 Å². The fourth-order valence-corrected chi connectivity index (χ4v) is 2.98. The van der Waals surface area contributed by atoms with E-state index < -0.39 is 11.8 Å². The highest BCUT2D eigenvalue weighted by Crippen LogP contribution is 2.48. The van der Waals surface area contributed by atoms with Gasteiger partial charge in [-0.05, 0) is 24.5 Å². The van der Waals surface area contributed by atoms with E-state index in [1.165, 1.54) is 0 Å². The van der Waals surface area contributed by atoms with E-state index in [9.17, 15) is 8.78 Å². The zero-order valence-corrected chi connectivity index (χ0v) is 9.44. The molecule has 1 aliphatic carbocycles. The maximum atomic E-state index is 13.6. The second kappa shape index (κ2) is 3.55. The summed E-state index contributed by atoms with van der Waals surface area (Å²) in [5.41, 5.74) is 6.16. The van der Waals surface area contributed by atoms with Crippen LogP contribution >= 0.6 is 0 Å². The first kappa shape index (κ1) is 10.7. The molecule has 1 aromatic rings. The van der Waals surface area contributed by atoms with Gasteiger partial charge in [0.15, 0.2) is 0 Å². The van der Waals surface area contributed by atoms with Gasteiger partial charge in [0.1, 0.15) is 5.82 Å². The molecule has 2 aliphatic rings. The van der Waals surface area contributed by atoms with Gasteiger partial charge >= 0.3 is 0 Å². The minimum absolute atomic E-state index is 0.0470. The average molecular weight is 239 g/mol. The number of nitrogen functional groups attached to an aromatic ring is 1. The molecule has 1 saturated carbocycles. The second-order valence-corrected chi connectivity index (χ2v) is 5.02. The molecule has 1 saturated heterocycles. The number of pyridine rings is 1. The smallest absolute Gasteiger partial charge is 0.252 e. The van der Waals surface area contributed by atoms with E-state index in [1.807, 2.05) is 4.90 Å². The van der Waals surface area contributed by atoms with Crippen LogP contribution in [0.3, 0.4) is 0 Å². The van der Waals surface area contributed by atoms with Crippen molar-refractivity contribution in [2.75, 3.05) is 23.7 Å². The van der Waals surface area contributed by atoms with Crippen molar-refractivity contribution in [1.82, 2.24) is 4.98 Å². The average Bonchev–Trinajstić information content (AvgIpc) is 2.82. The maximum absolute atomic E-state index is 13.6. The SMILES string of the molecule is Nc1ccc(N2C[C@H]3CCC(F)(F)[C@H]3C2)nc1. The predicted octanol–water partition coefficient (Wildman–Crippen LogP) is 2.15. The maximum Gasteiger partial charge on any atom is 0.252 e. The van der Waals surface area contributed by atoms with Crippen LogP contribution in [0.25, 0.3) is 0 Å². The van der Waals surface area contributed by atoms with Crippen LogP contribution in [-0.4, -0.2) is 24.0 Å². The van der Waals surface area contributed by atoms with Gasteiger partial charge in [-0.3, -0.25) is 0 Å². The van der Waals surface area contributed by atoms with Crippen molar-refractivity contribution in [3.8, 4) is 0 Å². The van der Waals surface area contributed by atoms with Gasteiger partial charge in [0.25, 0.3) is 5.92 Å². The summed E-state index contributed by atoms with van der Waals surface area (Å²) in [4.78, 5) is 6.14. The Morgan fingerprint density at radius 3 is 2.82 bits per heavy atom. The number of alkyl halides is 2. The number of hydrogen-bond donors (Lipinski definition) is 1. The van der Waals surface area contributed by atoms with Gasteiger partial charge < -0.3 is 10.6 Å². The molecule has 3 nitrogen and oxygen atoms in total. The van der Waals surface area contributed by atoms with Crippen molar-refractivity contribution in [2.24, 2.45) is 11.8 Å². The van der Waals surface area contributed by atoms with E-state index in [2.05, 4.69) is 4.98 Å². The summed E-state index contributed by atoms with van der Waals surface area (Å²) < 4.78 is 27.2. The number of hydrogen-bond acceptors (Lipinski definition) is 3. The highest BCUT2D eigenvalue weighted by molar-refractivity contribution is 5.46. The Bertz CT molecular complexity index is 418. The minimum Gasteiger partial charge on any atom is -0.397 e. The fourth-order valence-electron chi connectivity index (χ4n) is 2.98. The number of halogens is 2. The lowest BCUT2D eigenvalue weighted by Gasteiger charge is -2.21. The van der Waals surface area contributed by atoms with E-state index in [-0.39, 0.29) is 12.3 Å². The van der Waals surface area contributed by atoms with Gasteiger partial charge in [0.2, 0.25) is 0 Å². The summed E-state index contributed by atoms with van der Waals surface area (Å²) in [6, 6.07) is 3.56. The van der Waals surface area contributed by atoms with E-state index in [0.717, 1.165) is 5.82 Å². The van der Waals surface area contributed by atoms with Crippen LogP contribution in [0.5, 0.6) is 0 Å². The quantitative estimate of drug-likeness (QED) is 0.816. The van der Waals surface area contributed by atoms with E-state index in [0.29, 0.717) is 25.2 Å². The number of fused-ring (bicyclic) bond motifs is 1. The highest BCUT2D eigenvalue weighted by atomic mass is 19.3. The van der Waals surface area contributed by atoms with Crippen LogP contribution in [0, 0.1) is 11.8 Å². The van der Waals surface area contributed by atoms with Gasteiger partial charge in [-0.15, -0.1) is 0 Å². The molecule has 1 aromatic heterocycles. The topological polar surface area (TPSA) is 42.1 Å². The third-order valence-corrected chi connectivity index (χ3v) is 3.93. The number of nitrogens with zero attached hydrogens (tertiary/aromatic N) is 2. The summed E-state index contributed by atoms with van der Waals surface area (Å²) in [5.74, 6) is -2.12. The monoisotopic (exact) mass is 239 g/mol. The van der Waals surface area contributed by atoms with Crippen LogP contribution in [0.1, 0.15) is 12.8 Å². The first-order chi connectivity index (χ1) is 8.06. The Morgan fingerprint density at radius 1 is 1.35 bits per heavy atom. The van der Waals surface area contributed by atoms with E-state index in [4.69, 9.17) is 5.73 Å². The second-order valence-electron chi connectivity index (χ2n) is 5.02. The Labute approximate surface area is 98.6 Å². The number of rotatable bonds is 1. The molecular formula is C12H15F2N3. The molecule has 2 atom stereocenters. The largest absolute Gasteiger partial charge is 0.397 e. The van der Waals surface area contributed by atoms with Gasteiger partial charge in [-0.25, -0.2) is 13.8 Å². The number of aromatic nitrogens is 1. The van der Waals surface area contributed by atoms with Gasteiger partial charge in [0.05, 0.1) is 11.9 Å². The summed E-state index contributed by atoms with van der Waals surface area (Å²) in [6.07, 6.45) is 2.25. The number of anilines is 2. The molecule has 0 bridgehead atoms. The molecule has 2 N–H and O–H groups in total. The van der Waals surface area contributed by atoms with Crippen LogP contribution in [0.4, 0.5) is 20.3 Å². The van der Waals surface area contributed by atoms with Gasteiger partial charge in [-0.2, -0.15) is 0 Å². The molecule has 5 heteroatoms. The standard InChI is InChI=1S/C12H15F2N3/c13-12(14)4-3-8-6-17(7-10(8)12)11-2-1-9(15)5-16-11/h1-2,5,8,10H,3-4,6-7,15H2/t8-,10+/m1/s1. The third-order valence-electron chi connectivity index (χ3n) is 3.93. The summed E-state index contributed by atoms with van der Waals surface area (Å²) in [5, 5.41) is 0.